The van der Waals surface area contributed by atoms with Gasteiger partial charge in [-0.25, -0.2) is 0 Å². The number of benzene rings is 1. The highest BCUT2D eigenvalue weighted by molar-refractivity contribution is 7.99. The zero-order valence-corrected chi connectivity index (χ0v) is 13.6. The quantitative estimate of drug-likeness (QED) is 0.838. The first-order valence-electron chi connectivity index (χ1n) is 8.23. The molecule has 3 rings (SSSR count). The van der Waals surface area contributed by atoms with Gasteiger partial charge in [-0.1, -0.05) is 25.3 Å². The average Bonchev–Trinajstić information content (AvgIpc) is 2.54. The van der Waals surface area contributed by atoms with Crippen molar-refractivity contribution in [3.05, 3.63) is 24.3 Å². The summed E-state index contributed by atoms with van der Waals surface area (Å²) in [4.78, 5) is 1.25. The van der Waals surface area contributed by atoms with Gasteiger partial charge in [0, 0.05) is 10.6 Å². The van der Waals surface area contributed by atoms with E-state index in [2.05, 4.69) is 12.1 Å². The highest BCUT2D eigenvalue weighted by Crippen LogP contribution is 2.45. The number of fused-ring (bicyclic) bond motifs is 1. The number of hydrogen-bond acceptors (Lipinski definition) is 3. The van der Waals surface area contributed by atoms with Crippen LogP contribution in [0, 0.1) is 17.8 Å². The number of aliphatic hydroxyl groups is 1. The fraction of sp³-hybridized carbons (Fsp3) is 0.667. The summed E-state index contributed by atoms with van der Waals surface area (Å²) in [7, 11) is 1.71. The zero-order chi connectivity index (χ0) is 14.7. The van der Waals surface area contributed by atoms with Crippen LogP contribution in [0.25, 0.3) is 0 Å². The molecule has 116 valence electrons. The van der Waals surface area contributed by atoms with Crippen LogP contribution in [0.1, 0.15) is 38.5 Å². The Morgan fingerprint density at radius 3 is 2.90 bits per heavy atom. The van der Waals surface area contributed by atoms with E-state index in [9.17, 15) is 5.11 Å². The highest BCUT2D eigenvalue weighted by Gasteiger charge is 2.39. The smallest absolute Gasteiger partial charge is 0.119 e. The Hall–Kier alpha value is -0.670. The molecule has 1 aromatic carbocycles. The fourth-order valence-corrected chi connectivity index (χ4v) is 5.39. The summed E-state index contributed by atoms with van der Waals surface area (Å²) in [5, 5.41) is 10.4. The predicted octanol–water partition coefficient (Wildman–Crippen LogP) is 4.36. The topological polar surface area (TPSA) is 29.5 Å². The normalized spacial score (nSPS) is 32.5. The standard InChI is InChI=1S/C18H26O2S/c1-20-14-6-4-7-15(11-14)21-12-17-16-8-3-2-5-13(16)9-10-18(17)19/h4,6-7,11,13,16-19H,2-3,5,8-10,12H2,1H3/t13-,16-,17+,18+/m0/s1. The van der Waals surface area contributed by atoms with Gasteiger partial charge in [-0.3, -0.25) is 0 Å². The minimum absolute atomic E-state index is 0.0949. The molecule has 2 aliphatic rings. The Labute approximate surface area is 132 Å². The third kappa shape index (κ3) is 3.57. The van der Waals surface area contributed by atoms with Crippen LogP contribution in [0.2, 0.25) is 0 Å². The van der Waals surface area contributed by atoms with Crippen molar-refractivity contribution in [3.63, 3.8) is 0 Å². The Morgan fingerprint density at radius 2 is 2.05 bits per heavy atom. The van der Waals surface area contributed by atoms with Gasteiger partial charge >= 0.3 is 0 Å². The van der Waals surface area contributed by atoms with Gasteiger partial charge in [0.1, 0.15) is 5.75 Å². The number of thioether (sulfide) groups is 1. The molecule has 0 amide bonds. The first-order valence-corrected chi connectivity index (χ1v) is 9.21. The van der Waals surface area contributed by atoms with Crippen molar-refractivity contribution in [1.82, 2.24) is 0 Å². The number of methoxy groups -OCH3 is 1. The number of hydrogen-bond donors (Lipinski definition) is 1. The lowest BCUT2D eigenvalue weighted by Gasteiger charge is -2.44. The van der Waals surface area contributed by atoms with Crippen LogP contribution in [0.5, 0.6) is 5.75 Å². The van der Waals surface area contributed by atoms with E-state index in [1.165, 1.54) is 37.0 Å². The first-order chi connectivity index (χ1) is 10.3. The Kier molecular flexibility index (Phi) is 5.12. The van der Waals surface area contributed by atoms with Crippen LogP contribution < -0.4 is 4.74 Å². The number of ether oxygens (including phenoxy) is 1. The second kappa shape index (κ2) is 7.06. The largest absolute Gasteiger partial charge is 0.497 e. The predicted molar refractivity (Wildman–Crippen MR) is 87.9 cm³/mol. The van der Waals surface area contributed by atoms with Crippen molar-refractivity contribution in [3.8, 4) is 5.75 Å². The van der Waals surface area contributed by atoms with Crippen molar-refractivity contribution in [2.45, 2.75) is 49.5 Å². The molecular formula is C18H26O2S. The molecule has 2 saturated carbocycles. The summed E-state index contributed by atoms with van der Waals surface area (Å²) in [6, 6.07) is 8.26. The molecule has 1 aromatic rings. The maximum Gasteiger partial charge on any atom is 0.119 e. The third-order valence-corrected chi connectivity index (χ3v) is 6.47. The zero-order valence-electron chi connectivity index (χ0n) is 12.8. The lowest BCUT2D eigenvalue weighted by atomic mass is 9.65. The third-order valence-electron chi connectivity index (χ3n) is 5.33. The van der Waals surface area contributed by atoms with E-state index in [0.29, 0.717) is 5.92 Å². The molecule has 0 unspecified atom stereocenters. The lowest BCUT2D eigenvalue weighted by molar-refractivity contribution is -0.00353. The van der Waals surface area contributed by atoms with E-state index in [1.807, 2.05) is 23.9 Å². The summed E-state index contributed by atoms with van der Waals surface area (Å²) in [5.74, 6) is 4.05. The van der Waals surface area contributed by atoms with Gasteiger partial charge in [-0.2, -0.15) is 0 Å². The molecule has 3 heteroatoms. The van der Waals surface area contributed by atoms with Gasteiger partial charge in [0.2, 0.25) is 0 Å². The molecule has 1 N–H and O–H groups in total. The van der Waals surface area contributed by atoms with Crippen molar-refractivity contribution in [2.75, 3.05) is 12.9 Å². The van der Waals surface area contributed by atoms with E-state index in [4.69, 9.17) is 4.74 Å². The van der Waals surface area contributed by atoms with Crippen LogP contribution >= 0.6 is 11.8 Å². The van der Waals surface area contributed by atoms with E-state index in [-0.39, 0.29) is 6.10 Å². The van der Waals surface area contributed by atoms with Crippen LogP contribution in [-0.4, -0.2) is 24.1 Å². The summed E-state index contributed by atoms with van der Waals surface area (Å²) in [6.07, 6.45) is 7.61. The van der Waals surface area contributed by atoms with E-state index >= 15 is 0 Å². The molecule has 0 aliphatic heterocycles. The Balaban J connectivity index is 1.64. The fourth-order valence-electron chi connectivity index (χ4n) is 4.16. The van der Waals surface area contributed by atoms with Crippen molar-refractivity contribution < 1.29 is 9.84 Å². The number of rotatable bonds is 4. The van der Waals surface area contributed by atoms with Gasteiger partial charge in [-0.05, 0) is 55.2 Å². The monoisotopic (exact) mass is 306 g/mol. The molecule has 4 atom stereocenters. The summed E-state index contributed by atoms with van der Waals surface area (Å²) >= 11 is 1.88. The first kappa shape index (κ1) is 15.2. The van der Waals surface area contributed by atoms with Crippen molar-refractivity contribution in [1.29, 1.82) is 0 Å². The van der Waals surface area contributed by atoms with Crippen molar-refractivity contribution in [2.24, 2.45) is 17.8 Å². The maximum atomic E-state index is 10.4. The Morgan fingerprint density at radius 1 is 1.19 bits per heavy atom. The summed E-state index contributed by atoms with van der Waals surface area (Å²) in [6.45, 7) is 0. The number of aliphatic hydroxyl groups excluding tert-OH is 1. The van der Waals surface area contributed by atoms with Crippen LogP contribution in [0.3, 0.4) is 0 Å². The Bertz CT molecular complexity index is 462. The van der Waals surface area contributed by atoms with Gasteiger partial charge in [0.25, 0.3) is 0 Å². The molecule has 0 radical (unpaired) electrons. The van der Waals surface area contributed by atoms with Crippen LogP contribution in [0.15, 0.2) is 29.2 Å². The second-order valence-corrected chi connectivity index (χ2v) is 7.60. The average molecular weight is 306 g/mol. The SMILES string of the molecule is COc1cccc(SC[C@@H]2[C@H]3CCCC[C@H]3CC[C@H]2O)c1. The van der Waals surface area contributed by atoms with Crippen LogP contribution in [-0.2, 0) is 0 Å². The second-order valence-electron chi connectivity index (χ2n) is 6.51. The summed E-state index contributed by atoms with van der Waals surface area (Å²) < 4.78 is 5.29. The molecule has 0 bridgehead atoms. The van der Waals surface area contributed by atoms with Gasteiger partial charge in [0.15, 0.2) is 0 Å². The molecule has 0 aromatic heterocycles. The highest BCUT2D eigenvalue weighted by atomic mass is 32.2. The minimum atomic E-state index is -0.0949. The van der Waals surface area contributed by atoms with Gasteiger partial charge in [0.05, 0.1) is 13.2 Å². The molecular weight excluding hydrogens is 280 g/mol. The minimum Gasteiger partial charge on any atom is -0.497 e. The van der Waals surface area contributed by atoms with E-state index in [1.54, 1.807) is 7.11 Å². The lowest BCUT2D eigenvalue weighted by Crippen LogP contribution is -2.40. The molecule has 0 heterocycles. The van der Waals surface area contributed by atoms with Crippen molar-refractivity contribution >= 4 is 11.8 Å². The maximum absolute atomic E-state index is 10.4. The molecule has 2 nitrogen and oxygen atoms in total. The van der Waals surface area contributed by atoms with Gasteiger partial charge < -0.3 is 9.84 Å². The van der Waals surface area contributed by atoms with E-state index < -0.39 is 0 Å². The molecule has 0 saturated heterocycles. The molecule has 0 spiro atoms. The summed E-state index contributed by atoms with van der Waals surface area (Å²) in [5.41, 5.74) is 0. The van der Waals surface area contributed by atoms with Crippen LogP contribution in [0.4, 0.5) is 0 Å². The molecule has 21 heavy (non-hydrogen) atoms. The molecule has 2 fully saturated rings. The van der Waals surface area contributed by atoms with Gasteiger partial charge in [-0.15, -0.1) is 11.8 Å². The van der Waals surface area contributed by atoms with E-state index in [0.717, 1.165) is 29.8 Å². The molecule has 2 aliphatic carbocycles.